The van der Waals surface area contributed by atoms with E-state index >= 15 is 0 Å². The van der Waals surface area contributed by atoms with Gasteiger partial charge in [-0.2, -0.15) is 0 Å². The molecule has 104 valence electrons. The predicted molar refractivity (Wildman–Crippen MR) is 75.6 cm³/mol. The quantitative estimate of drug-likeness (QED) is 0.836. The van der Waals surface area contributed by atoms with Crippen LogP contribution in [0.1, 0.15) is 27.1 Å². The highest BCUT2D eigenvalue weighted by molar-refractivity contribution is 5.99. The van der Waals surface area contributed by atoms with Gasteiger partial charge in [0, 0.05) is 30.8 Å². The van der Waals surface area contributed by atoms with Crippen LogP contribution in [0.4, 0.5) is 0 Å². The van der Waals surface area contributed by atoms with E-state index in [4.69, 9.17) is 5.73 Å². The van der Waals surface area contributed by atoms with Crippen LogP contribution in [0.2, 0.25) is 0 Å². The van der Waals surface area contributed by atoms with Crippen LogP contribution in [0, 0.1) is 0 Å². The van der Waals surface area contributed by atoms with Gasteiger partial charge in [0.05, 0.1) is 0 Å². The Morgan fingerprint density at radius 2 is 1.89 bits per heavy atom. The Kier molecular flexibility index (Phi) is 5.79. The number of primary amides is 1. The summed E-state index contributed by atoms with van der Waals surface area (Å²) in [5, 5.41) is 3.25. The summed E-state index contributed by atoms with van der Waals surface area (Å²) < 4.78 is 0. The average Bonchev–Trinajstić information content (AvgIpc) is 2.67. The second-order valence-electron chi connectivity index (χ2n) is 4.34. The summed E-state index contributed by atoms with van der Waals surface area (Å²) in [7, 11) is 0. The van der Waals surface area contributed by atoms with E-state index in [9.17, 15) is 9.59 Å². The van der Waals surface area contributed by atoms with Crippen LogP contribution in [0.5, 0.6) is 0 Å². The molecule has 0 bridgehead atoms. The van der Waals surface area contributed by atoms with Gasteiger partial charge in [-0.15, -0.1) is 12.4 Å². The number of hydrogen-bond donors (Lipinski definition) is 2. The molecule has 0 unspecified atom stereocenters. The topological polar surface area (TPSA) is 75.4 Å². The number of carbonyl (C=O) groups is 2. The molecule has 5 nitrogen and oxygen atoms in total. The number of nitrogens with one attached hydrogen (secondary N) is 1. The van der Waals surface area contributed by atoms with E-state index < -0.39 is 5.91 Å². The van der Waals surface area contributed by atoms with Crippen molar-refractivity contribution in [3.05, 3.63) is 35.4 Å². The third kappa shape index (κ3) is 3.94. The first-order chi connectivity index (χ1) is 8.68. The molecular formula is C13H18ClN3O2. The van der Waals surface area contributed by atoms with Crippen molar-refractivity contribution < 1.29 is 9.59 Å². The standard InChI is InChI=1S/C13H17N3O2.ClH/c14-12(17)10-3-1-4-11(9-10)13(18)16-7-2-5-15-6-8-16;/h1,3-4,9,15H,2,5-8H2,(H2,14,17);1H. The van der Waals surface area contributed by atoms with Gasteiger partial charge in [0.1, 0.15) is 0 Å². The zero-order chi connectivity index (χ0) is 13.0. The minimum Gasteiger partial charge on any atom is -0.366 e. The Morgan fingerprint density at radius 1 is 1.16 bits per heavy atom. The van der Waals surface area contributed by atoms with Gasteiger partial charge in [-0.05, 0) is 31.2 Å². The maximum Gasteiger partial charge on any atom is 0.253 e. The summed E-state index contributed by atoms with van der Waals surface area (Å²) in [6.07, 6.45) is 0.946. The van der Waals surface area contributed by atoms with Crippen molar-refractivity contribution in [3.63, 3.8) is 0 Å². The van der Waals surface area contributed by atoms with Crippen molar-refractivity contribution in [3.8, 4) is 0 Å². The highest BCUT2D eigenvalue weighted by atomic mass is 35.5. The van der Waals surface area contributed by atoms with Gasteiger partial charge in [-0.25, -0.2) is 0 Å². The van der Waals surface area contributed by atoms with Crippen LogP contribution in [0.15, 0.2) is 24.3 Å². The van der Waals surface area contributed by atoms with Crippen molar-refractivity contribution >= 4 is 24.2 Å². The molecule has 1 aromatic rings. The van der Waals surface area contributed by atoms with E-state index in [0.717, 1.165) is 26.1 Å². The van der Waals surface area contributed by atoms with Crippen LogP contribution in [-0.2, 0) is 0 Å². The summed E-state index contributed by atoms with van der Waals surface area (Å²) in [4.78, 5) is 25.2. The summed E-state index contributed by atoms with van der Waals surface area (Å²) in [6, 6.07) is 6.57. The van der Waals surface area contributed by atoms with E-state index in [1.165, 1.54) is 0 Å². The summed E-state index contributed by atoms with van der Waals surface area (Å²) >= 11 is 0. The zero-order valence-electron chi connectivity index (χ0n) is 10.6. The van der Waals surface area contributed by atoms with E-state index in [2.05, 4.69) is 5.32 Å². The number of halogens is 1. The maximum absolute atomic E-state index is 12.3. The fourth-order valence-corrected chi connectivity index (χ4v) is 2.04. The molecule has 2 amide bonds. The van der Waals surface area contributed by atoms with E-state index in [1.807, 2.05) is 0 Å². The Morgan fingerprint density at radius 3 is 2.63 bits per heavy atom. The van der Waals surface area contributed by atoms with Gasteiger partial charge in [0.2, 0.25) is 5.91 Å². The second kappa shape index (κ2) is 7.11. The second-order valence-corrected chi connectivity index (χ2v) is 4.34. The van der Waals surface area contributed by atoms with Gasteiger partial charge < -0.3 is 16.0 Å². The fraction of sp³-hybridized carbons (Fsp3) is 0.385. The lowest BCUT2D eigenvalue weighted by molar-refractivity contribution is 0.0766. The molecule has 0 spiro atoms. The maximum atomic E-state index is 12.3. The third-order valence-corrected chi connectivity index (χ3v) is 3.02. The molecule has 0 saturated carbocycles. The SMILES string of the molecule is Cl.NC(=O)c1cccc(C(=O)N2CCCNCC2)c1. The minimum atomic E-state index is -0.512. The van der Waals surface area contributed by atoms with Crippen LogP contribution < -0.4 is 11.1 Å². The molecule has 3 N–H and O–H groups in total. The number of hydrogen-bond acceptors (Lipinski definition) is 3. The van der Waals surface area contributed by atoms with E-state index in [-0.39, 0.29) is 18.3 Å². The summed E-state index contributed by atoms with van der Waals surface area (Å²) in [5.41, 5.74) is 6.10. The Hall–Kier alpha value is -1.59. The molecule has 0 radical (unpaired) electrons. The molecule has 19 heavy (non-hydrogen) atoms. The minimum absolute atomic E-state index is 0. The lowest BCUT2D eigenvalue weighted by Crippen LogP contribution is -2.34. The summed E-state index contributed by atoms with van der Waals surface area (Å²) in [5.74, 6) is -0.552. The molecular weight excluding hydrogens is 266 g/mol. The van der Waals surface area contributed by atoms with E-state index in [0.29, 0.717) is 17.7 Å². The summed E-state index contributed by atoms with van der Waals surface area (Å²) in [6.45, 7) is 3.18. The molecule has 6 heteroatoms. The Labute approximate surface area is 118 Å². The molecule has 0 atom stereocenters. The average molecular weight is 284 g/mol. The molecule has 0 aromatic heterocycles. The fourth-order valence-electron chi connectivity index (χ4n) is 2.04. The van der Waals surface area contributed by atoms with Crippen molar-refractivity contribution in [1.82, 2.24) is 10.2 Å². The monoisotopic (exact) mass is 283 g/mol. The van der Waals surface area contributed by atoms with Crippen molar-refractivity contribution in [2.45, 2.75) is 6.42 Å². The Balaban J connectivity index is 0.00000180. The molecule has 2 rings (SSSR count). The van der Waals surface area contributed by atoms with Gasteiger partial charge >= 0.3 is 0 Å². The first-order valence-electron chi connectivity index (χ1n) is 6.08. The Bertz CT molecular complexity index is 457. The number of amides is 2. The van der Waals surface area contributed by atoms with Gasteiger partial charge in [-0.1, -0.05) is 6.07 Å². The van der Waals surface area contributed by atoms with Crippen molar-refractivity contribution in [1.29, 1.82) is 0 Å². The molecule has 0 aliphatic carbocycles. The highest BCUT2D eigenvalue weighted by Gasteiger charge is 2.17. The zero-order valence-corrected chi connectivity index (χ0v) is 11.4. The molecule has 1 aromatic carbocycles. The highest BCUT2D eigenvalue weighted by Crippen LogP contribution is 2.09. The molecule has 1 fully saturated rings. The largest absolute Gasteiger partial charge is 0.366 e. The van der Waals surface area contributed by atoms with Crippen LogP contribution in [0.25, 0.3) is 0 Å². The number of rotatable bonds is 2. The van der Waals surface area contributed by atoms with Gasteiger partial charge in [-0.3, -0.25) is 9.59 Å². The van der Waals surface area contributed by atoms with Gasteiger partial charge in [0.15, 0.2) is 0 Å². The molecule has 1 heterocycles. The molecule has 1 aliphatic rings. The normalized spacial score (nSPS) is 15.3. The third-order valence-electron chi connectivity index (χ3n) is 3.02. The van der Waals surface area contributed by atoms with Gasteiger partial charge in [0.25, 0.3) is 5.91 Å². The molecule has 1 aliphatic heterocycles. The molecule has 1 saturated heterocycles. The van der Waals surface area contributed by atoms with Crippen LogP contribution >= 0.6 is 12.4 Å². The number of benzene rings is 1. The van der Waals surface area contributed by atoms with Crippen LogP contribution in [-0.4, -0.2) is 42.9 Å². The lowest BCUT2D eigenvalue weighted by atomic mass is 10.1. The number of carbonyl (C=O) groups excluding carboxylic acids is 2. The van der Waals surface area contributed by atoms with E-state index in [1.54, 1.807) is 29.2 Å². The van der Waals surface area contributed by atoms with Crippen LogP contribution in [0.3, 0.4) is 0 Å². The van der Waals surface area contributed by atoms with Crippen molar-refractivity contribution in [2.24, 2.45) is 5.73 Å². The first kappa shape index (κ1) is 15.5. The predicted octanol–water partition coefficient (Wildman–Crippen LogP) is 0.643. The number of nitrogens with zero attached hydrogens (tertiary/aromatic N) is 1. The number of nitrogens with two attached hydrogens (primary N) is 1. The first-order valence-corrected chi connectivity index (χ1v) is 6.08. The van der Waals surface area contributed by atoms with Crippen molar-refractivity contribution in [2.75, 3.05) is 26.2 Å². The lowest BCUT2D eigenvalue weighted by Gasteiger charge is -2.20. The smallest absolute Gasteiger partial charge is 0.253 e.